The fourth-order valence-corrected chi connectivity index (χ4v) is 5.64. The molecule has 5 nitrogen and oxygen atoms in total. The summed E-state index contributed by atoms with van der Waals surface area (Å²) < 4.78 is 33.0. The highest BCUT2D eigenvalue weighted by Gasteiger charge is 2.32. The Bertz CT molecular complexity index is 1150. The molecule has 0 bridgehead atoms. The molecule has 0 amide bonds. The minimum absolute atomic E-state index is 0.235. The third kappa shape index (κ3) is 4.63. The lowest BCUT2D eigenvalue weighted by Crippen LogP contribution is -2.30. The van der Waals surface area contributed by atoms with Gasteiger partial charge in [0.05, 0.1) is 28.9 Å². The number of rotatable bonds is 7. The smallest absolute Gasteiger partial charge is 0.264 e. The molecule has 1 aromatic heterocycles. The summed E-state index contributed by atoms with van der Waals surface area (Å²) in [7, 11) is -4.12. The van der Waals surface area contributed by atoms with Crippen molar-refractivity contribution in [3.05, 3.63) is 77.6 Å². The van der Waals surface area contributed by atoms with Crippen LogP contribution in [-0.4, -0.2) is 23.7 Å². The Kier molecular flexibility index (Phi) is 6.36. The number of hydrogen-bond acceptors (Lipinski definition) is 5. The summed E-state index contributed by atoms with van der Waals surface area (Å²) in [5, 5.41) is 0. The van der Waals surface area contributed by atoms with E-state index in [1.54, 1.807) is 11.8 Å². The van der Waals surface area contributed by atoms with Crippen LogP contribution in [0.5, 0.6) is 0 Å². The van der Waals surface area contributed by atoms with Crippen LogP contribution in [0.3, 0.4) is 0 Å². The van der Waals surface area contributed by atoms with Crippen LogP contribution in [0.2, 0.25) is 0 Å². The van der Waals surface area contributed by atoms with E-state index in [9.17, 15) is 13.0 Å². The van der Waals surface area contributed by atoms with E-state index < -0.39 is 10.1 Å². The zero-order valence-corrected chi connectivity index (χ0v) is 19.3. The molecule has 1 N–H and O–H groups in total. The van der Waals surface area contributed by atoms with Gasteiger partial charge >= 0.3 is 0 Å². The second kappa shape index (κ2) is 9.02. The summed E-state index contributed by atoms with van der Waals surface area (Å²) in [6.45, 7) is 4.15. The van der Waals surface area contributed by atoms with Gasteiger partial charge in [0, 0.05) is 15.5 Å². The van der Waals surface area contributed by atoms with Crippen LogP contribution < -0.4 is 4.90 Å². The molecular formula is C24H26N2O3S2. The summed E-state index contributed by atoms with van der Waals surface area (Å²) in [5.74, 6) is -0.327. The van der Waals surface area contributed by atoms with Gasteiger partial charge in [-0.1, -0.05) is 55.9 Å². The summed E-state index contributed by atoms with van der Waals surface area (Å²) in [5.41, 5.74) is 4.99. The molecule has 1 atom stereocenters. The van der Waals surface area contributed by atoms with E-state index in [2.05, 4.69) is 49.1 Å². The fourth-order valence-electron chi connectivity index (χ4n) is 4.05. The average molecular weight is 455 g/mol. The van der Waals surface area contributed by atoms with Crippen molar-refractivity contribution in [2.45, 2.75) is 48.9 Å². The summed E-state index contributed by atoms with van der Waals surface area (Å²) in [6, 6.07) is 20.1. The first-order chi connectivity index (χ1) is 14.9. The highest BCUT2D eigenvalue weighted by molar-refractivity contribution is 7.99. The highest BCUT2D eigenvalue weighted by Crippen LogP contribution is 2.51. The highest BCUT2D eigenvalue weighted by atomic mass is 32.2. The Labute approximate surface area is 188 Å². The Balaban J connectivity index is 1.93. The van der Waals surface area contributed by atoms with E-state index in [1.165, 1.54) is 0 Å². The van der Waals surface area contributed by atoms with E-state index in [0.29, 0.717) is 0 Å². The standard InChI is InChI=1S/C24H26N2O3S2/c1-3-17-13-14-18(4-2)25-24(17)21(15-16-31(27,28)29)26-19-9-5-7-11-22(19)30-23-12-8-6-10-20(23)26/h5-14,21H,3-4,15-16H2,1-2H3,(H,27,28,29). The minimum atomic E-state index is -4.12. The largest absolute Gasteiger partial charge is 0.330 e. The first kappa shape index (κ1) is 21.9. The predicted octanol–water partition coefficient (Wildman–Crippen LogP) is 5.83. The van der Waals surface area contributed by atoms with Crippen molar-refractivity contribution >= 4 is 33.3 Å². The summed E-state index contributed by atoms with van der Waals surface area (Å²) in [4.78, 5) is 9.39. The number of aryl methyl sites for hydroxylation is 2. The molecule has 1 aliphatic heterocycles. The number of pyridine rings is 1. The van der Waals surface area contributed by atoms with Crippen molar-refractivity contribution in [3.8, 4) is 0 Å². The van der Waals surface area contributed by atoms with Crippen molar-refractivity contribution in [2.24, 2.45) is 0 Å². The van der Waals surface area contributed by atoms with Crippen LogP contribution in [-0.2, 0) is 23.0 Å². The third-order valence-electron chi connectivity index (χ3n) is 5.56. The molecule has 3 aromatic rings. The van der Waals surface area contributed by atoms with Crippen molar-refractivity contribution in [2.75, 3.05) is 10.7 Å². The topological polar surface area (TPSA) is 70.5 Å². The Morgan fingerprint density at radius 1 is 0.935 bits per heavy atom. The number of benzene rings is 2. The first-order valence-corrected chi connectivity index (χ1v) is 12.9. The molecule has 0 saturated heterocycles. The molecular weight excluding hydrogens is 428 g/mol. The molecule has 0 fully saturated rings. The zero-order valence-electron chi connectivity index (χ0n) is 17.7. The van der Waals surface area contributed by atoms with Crippen LogP contribution in [0.4, 0.5) is 11.4 Å². The maximum atomic E-state index is 11.7. The van der Waals surface area contributed by atoms with Crippen molar-refractivity contribution < 1.29 is 13.0 Å². The van der Waals surface area contributed by atoms with E-state index >= 15 is 0 Å². The number of para-hydroxylation sites is 2. The van der Waals surface area contributed by atoms with Gasteiger partial charge in [0.25, 0.3) is 10.1 Å². The van der Waals surface area contributed by atoms with Gasteiger partial charge in [0.2, 0.25) is 0 Å². The molecule has 4 rings (SSSR count). The Morgan fingerprint density at radius 3 is 2.10 bits per heavy atom. The second-order valence-corrected chi connectivity index (χ2v) is 10.2. The van der Waals surface area contributed by atoms with Gasteiger partial charge in [-0.3, -0.25) is 9.54 Å². The van der Waals surface area contributed by atoms with Gasteiger partial charge in [-0.05, 0) is 55.2 Å². The number of nitrogens with zero attached hydrogens (tertiary/aromatic N) is 2. The van der Waals surface area contributed by atoms with Gasteiger partial charge in [0.1, 0.15) is 0 Å². The number of hydrogen-bond donors (Lipinski definition) is 1. The number of anilines is 2. The predicted molar refractivity (Wildman–Crippen MR) is 126 cm³/mol. The minimum Gasteiger partial charge on any atom is -0.330 e. The molecule has 7 heteroatoms. The quantitative estimate of drug-likeness (QED) is 0.453. The molecule has 0 radical (unpaired) electrons. The lowest BCUT2D eigenvalue weighted by Gasteiger charge is -2.39. The normalized spacial score (nSPS) is 14.1. The van der Waals surface area contributed by atoms with Crippen LogP contribution in [0.25, 0.3) is 0 Å². The lowest BCUT2D eigenvalue weighted by molar-refractivity contribution is 0.476. The second-order valence-electron chi connectivity index (χ2n) is 7.55. The van der Waals surface area contributed by atoms with E-state index in [-0.39, 0.29) is 18.2 Å². The Hall–Kier alpha value is -2.35. The molecule has 2 heterocycles. The fraction of sp³-hybridized carbons (Fsp3) is 0.292. The molecule has 162 valence electrons. The average Bonchev–Trinajstić information content (AvgIpc) is 2.77. The zero-order chi connectivity index (χ0) is 22.0. The van der Waals surface area contributed by atoms with Gasteiger partial charge < -0.3 is 4.90 Å². The lowest BCUT2D eigenvalue weighted by atomic mass is 9.98. The SMILES string of the molecule is CCc1ccc(CC)c(C(CCS(=O)(=O)O)N2c3ccccc3Sc3ccccc32)n1. The molecule has 31 heavy (non-hydrogen) atoms. The summed E-state index contributed by atoms with van der Waals surface area (Å²) in [6.07, 6.45) is 1.82. The van der Waals surface area contributed by atoms with E-state index in [4.69, 9.17) is 4.98 Å². The van der Waals surface area contributed by atoms with Gasteiger partial charge in [-0.25, -0.2) is 0 Å². The Morgan fingerprint density at radius 2 is 1.55 bits per heavy atom. The van der Waals surface area contributed by atoms with E-state index in [1.807, 2.05) is 30.3 Å². The van der Waals surface area contributed by atoms with Crippen molar-refractivity contribution in [1.29, 1.82) is 0 Å². The third-order valence-corrected chi connectivity index (χ3v) is 7.44. The maximum Gasteiger partial charge on any atom is 0.264 e. The van der Waals surface area contributed by atoms with Crippen LogP contribution in [0.15, 0.2) is 70.5 Å². The van der Waals surface area contributed by atoms with E-state index in [0.717, 1.165) is 51.0 Å². The summed E-state index contributed by atoms with van der Waals surface area (Å²) >= 11 is 1.71. The van der Waals surface area contributed by atoms with Gasteiger partial charge in [-0.2, -0.15) is 8.42 Å². The molecule has 1 aliphatic rings. The van der Waals surface area contributed by atoms with Crippen LogP contribution in [0.1, 0.15) is 43.3 Å². The molecule has 2 aromatic carbocycles. The monoisotopic (exact) mass is 454 g/mol. The van der Waals surface area contributed by atoms with Gasteiger partial charge in [0.15, 0.2) is 0 Å². The molecule has 1 unspecified atom stereocenters. The first-order valence-electron chi connectivity index (χ1n) is 10.5. The number of aromatic nitrogens is 1. The molecule has 0 aliphatic carbocycles. The maximum absolute atomic E-state index is 11.7. The van der Waals surface area contributed by atoms with Crippen LogP contribution in [0, 0.1) is 0 Å². The van der Waals surface area contributed by atoms with Crippen molar-refractivity contribution in [3.63, 3.8) is 0 Å². The number of fused-ring (bicyclic) bond motifs is 2. The van der Waals surface area contributed by atoms with Crippen molar-refractivity contribution in [1.82, 2.24) is 4.98 Å². The van der Waals surface area contributed by atoms with Gasteiger partial charge in [-0.15, -0.1) is 0 Å². The van der Waals surface area contributed by atoms with Crippen LogP contribution >= 0.6 is 11.8 Å². The molecule has 0 spiro atoms. The molecule has 0 saturated carbocycles.